The van der Waals surface area contributed by atoms with Crippen LogP contribution in [0.4, 0.5) is 0 Å². The van der Waals surface area contributed by atoms with E-state index in [4.69, 9.17) is 0 Å². The van der Waals surface area contributed by atoms with Crippen molar-refractivity contribution in [3.05, 3.63) is 42.6 Å². The van der Waals surface area contributed by atoms with Crippen molar-refractivity contribution >= 4 is 30.7 Å². The third-order valence-electron chi connectivity index (χ3n) is 1.51. The van der Waals surface area contributed by atoms with Crippen LogP contribution in [-0.2, 0) is 0 Å². The van der Waals surface area contributed by atoms with Crippen LogP contribution in [0.5, 0.6) is 0 Å². The van der Waals surface area contributed by atoms with Crippen LogP contribution in [0.25, 0.3) is 10.9 Å². The van der Waals surface area contributed by atoms with E-state index in [1.54, 1.807) is 0 Å². The first-order valence-electron chi connectivity index (χ1n) is 3.26. The fraction of sp³-hybridized carbons (Fsp3) is 0. The molecular weight excluding hydrogens is 192 g/mol. The molecule has 1 nitrogen and oxygen atoms in total. The third kappa shape index (κ3) is 1.64. The van der Waals surface area contributed by atoms with Crippen LogP contribution in [0.1, 0.15) is 0 Å². The van der Waals surface area contributed by atoms with Crippen molar-refractivity contribution in [1.82, 2.24) is 4.98 Å². The molecule has 0 atom stereocenters. The molecule has 2 heteroatoms. The molecule has 0 saturated carbocycles. The molecule has 1 aromatic heterocycles. The Morgan fingerprint density at radius 2 is 1.64 bits per heavy atom. The van der Waals surface area contributed by atoms with Crippen LogP contribution in [0, 0.1) is 0 Å². The number of fused-ring (bicyclic) bond motifs is 1. The van der Waals surface area contributed by atoms with Gasteiger partial charge in [0.2, 0.25) is 0 Å². The van der Waals surface area contributed by atoms with Crippen LogP contribution >= 0.6 is 0 Å². The Labute approximate surface area is 78.5 Å². The monoisotopic (exact) mass is 201 g/mol. The van der Waals surface area contributed by atoms with Gasteiger partial charge in [-0.3, -0.25) is 4.98 Å². The van der Waals surface area contributed by atoms with Gasteiger partial charge < -0.3 is 0 Å². The maximum absolute atomic E-state index is 4.18. The average molecular weight is 202 g/mol. The quantitative estimate of drug-likeness (QED) is 0.581. The molecule has 0 aliphatic heterocycles. The second-order valence-electron chi connectivity index (χ2n) is 2.20. The Bertz CT molecular complexity index is 281. The molecule has 0 N–H and O–H groups in total. The maximum atomic E-state index is 4.18. The second kappa shape index (κ2) is 3.60. The summed E-state index contributed by atoms with van der Waals surface area (Å²) >= 11 is 0. The number of nitrogens with zero attached hydrogens (tertiary/aromatic N) is 1. The molecule has 1 aromatic carbocycles. The number of hydrogen-bond donors (Lipinski definition) is 0. The van der Waals surface area contributed by atoms with E-state index >= 15 is 0 Å². The van der Waals surface area contributed by atoms with Gasteiger partial charge >= 0.3 is 19.8 Å². The molecule has 0 aliphatic carbocycles. The smallest absolute Gasteiger partial charge is 0.0701 e. The minimum atomic E-state index is 0. The van der Waals surface area contributed by atoms with E-state index in [2.05, 4.69) is 17.1 Å². The van der Waals surface area contributed by atoms with Crippen molar-refractivity contribution in [3.63, 3.8) is 0 Å². The van der Waals surface area contributed by atoms with Crippen molar-refractivity contribution in [2.24, 2.45) is 0 Å². The molecule has 54 valence electrons. The molecule has 1 heterocycles. The average Bonchev–Trinajstić information content (AvgIpc) is 2.05. The van der Waals surface area contributed by atoms with E-state index in [-0.39, 0.29) is 19.8 Å². The van der Waals surface area contributed by atoms with Crippen LogP contribution in [0.3, 0.4) is 0 Å². The summed E-state index contributed by atoms with van der Waals surface area (Å²) in [5, 5.41) is 1.20. The minimum Gasteiger partial charge on any atom is -0.256 e. The molecule has 2 rings (SSSR count). The number of aromatic nitrogens is 1. The van der Waals surface area contributed by atoms with Crippen molar-refractivity contribution < 1.29 is 0 Å². The number of para-hydroxylation sites is 1. The molecule has 2 aromatic rings. The third-order valence-corrected chi connectivity index (χ3v) is 1.51. The molecule has 0 aliphatic rings. The molecular formula is C9H10GaN. The van der Waals surface area contributed by atoms with E-state index in [1.807, 2.05) is 30.5 Å². The van der Waals surface area contributed by atoms with Crippen molar-refractivity contribution in [2.45, 2.75) is 0 Å². The Hall–Kier alpha value is -0.734. The standard InChI is InChI=1S/C9H7N.Ga.3H/c1-2-6-9-8(4-1)5-3-7-10-9;;;;/h1-7H;;;;. The molecule has 0 spiro atoms. The van der Waals surface area contributed by atoms with E-state index in [0.717, 1.165) is 5.52 Å². The fourth-order valence-corrected chi connectivity index (χ4v) is 1.02. The predicted octanol–water partition coefficient (Wildman–Crippen LogP) is 1.05. The fourth-order valence-electron chi connectivity index (χ4n) is 1.02. The molecule has 0 unspecified atom stereocenters. The summed E-state index contributed by atoms with van der Waals surface area (Å²) in [6.45, 7) is 0. The normalized spacial score (nSPS) is 9.09. The van der Waals surface area contributed by atoms with Crippen LogP contribution in [0.15, 0.2) is 42.6 Å². The maximum Gasteiger partial charge on any atom is 0.0701 e. The number of rotatable bonds is 0. The minimum absolute atomic E-state index is 0. The molecule has 0 fully saturated rings. The summed E-state index contributed by atoms with van der Waals surface area (Å²) in [4.78, 5) is 4.18. The second-order valence-corrected chi connectivity index (χ2v) is 2.20. The largest absolute Gasteiger partial charge is 0.256 e. The molecule has 0 amide bonds. The summed E-state index contributed by atoms with van der Waals surface area (Å²) in [6, 6.07) is 12.1. The van der Waals surface area contributed by atoms with E-state index in [1.165, 1.54) is 5.39 Å². The van der Waals surface area contributed by atoms with Gasteiger partial charge in [-0.15, -0.1) is 0 Å². The zero-order valence-electron chi connectivity index (χ0n) is 5.49. The Balaban J connectivity index is 0.000000605. The van der Waals surface area contributed by atoms with Crippen LogP contribution in [0.2, 0.25) is 0 Å². The molecule has 0 saturated heterocycles. The number of pyridine rings is 1. The van der Waals surface area contributed by atoms with Crippen LogP contribution < -0.4 is 0 Å². The molecule has 11 heavy (non-hydrogen) atoms. The first-order chi connectivity index (χ1) is 4.97. The summed E-state index contributed by atoms with van der Waals surface area (Å²) < 4.78 is 0. The first-order valence-corrected chi connectivity index (χ1v) is 3.26. The zero-order valence-corrected chi connectivity index (χ0v) is 5.49. The summed E-state index contributed by atoms with van der Waals surface area (Å²) in [5.41, 5.74) is 1.06. The van der Waals surface area contributed by atoms with Crippen molar-refractivity contribution in [1.29, 1.82) is 0 Å². The van der Waals surface area contributed by atoms with Gasteiger partial charge in [0.05, 0.1) is 5.52 Å². The van der Waals surface area contributed by atoms with Gasteiger partial charge in [0.15, 0.2) is 0 Å². The Kier molecular flexibility index (Phi) is 2.74. The van der Waals surface area contributed by atoms with Gasteiger partial charge in [-0.1, -0.05) is 24.3 Å². The van der Waals surface area contributed by atoms with E-state index < -0.39 is 0 Å². The number of benzene rings is 1. The number of hydrogen-bond acceptors (Lipinski definition) is 1. The zero-order chi connectivity index (χ0) is 6.81. The SMILES string of the molecule is [GaH3].c1ccc2ncccc2c1. The van der Waals surface area contributed by atoms with E-state index in [0.29, 0.717) is 0 Å². The Morgan fingerprint density at radius 3 is 2.45 bits per heavy atom. The van der Waals surface area contributed by atoms with E-state index in [9.17, 15) is 0 Å². The van der Waals surface area contributed by atoms with Gasteiger partial charge in [-0.25, -0.2) is 0 Å². The summed E-state index contributed by atoms with van der Waals surface area (Å²) in [6.07, 6.45) is 1.81. The van der Waals surface area contributed by atoms with Gasteiger partial charge in [0, 0.05) is 11.6 Å². The first kappa shape index (κ1) is 8.36. The van der Waals surface area contributed by atoms with Gasteiger partial charge in [-0.05, 0) is 12.1 Å². The Morgan fingerprint density at radius 1 is 0.909 bits per heavy atom. The summed E-state index contributed by atoms with van der Waals surface area (Å²) in [5.74, 6) is 0. The van der Waals surface area contributed by atoms with Crippen LogP contribution in [-0.4, -0.2) is 24.8 Å². The van der Waals surface area contributed by atoms with Crippen molar-refractivity contribution in [3.8, 4) is 0 Å². The molecule has 0 bridgehead atoms. The molecule has 0 radical (unpaired) electrons. The summed E-state index contributed by atoms with van der Waals surface area (Å²) in [7, 11) is 0. The van der Waals surface area contributed by atoms with Gasteiger partial charge in [-0.2, -0.15) is 0 Å². The van der Waals surface area contributed by atoms with Gasteiger partial charge in [0.25, 0.3) is 0 Å². The van der Waals surface area contributed by atoms with Gasteiger partial charge in [0.1, 0.15) is 0 Å². The topological polar surface area (TPSA) is 12.9 Å². The van der Waals surface area contributed by atoms with Crippen molar-refractivity contribution in [2.75, 3.05) is 0 Å². The predicted molar refractivity (Wildman–Crippen MR) is 51.7 cm³/mol.